The van der Waals surface area contributed by atoms with Gasteiger partial charge in [0.1, 0.15) is 0 Å². The molecule has 0 aliphatic carbocycles. The number of amides is 1. The zero-order valence-corrected chi connectivity index (χ0v) is 16.4. The van der Waals surface area contributed by atoms with Crippen molar-refractivity contribution < 1.29 is 14.3 Å². The molecule has 2 aliphatic rings. The van der Waals surface area contributed by atoms with Gasteiger partial charge in [0.05, 0.1) is 20.1 Å². The van der Waals surface area contributed by atoms with Gasteiger partial charge in [0, 0.05) is 32.7 Å². The van der Waals surface area contributed by atoms with E-state index in [1.54, 1.807) is 7.11 Å². The molecule has 4 rings (SSSR count). The van der Waals surface area contributed by atoms with Crippen LogP contribution in [0.3, 0.4) is 0 Å². The second-order valence-corrected chi connectivity index (χ2v) is 7.75. The first kappa shape index (κ1) is 18.8. The molecule has 0 saturated carbocycles. The minimum atomic E-state index is 0.193. The number of carbonyl (C=O) groups excluding carboxylic acids is 1. The minimum absolute atomic E-state index is 0.193. The molecule has 2 heterocycles. The fourth-order valence-electron chi connectivity index (χ4n) is 4.41. The van der Waals surface area contributed by atoms with Crippen LogP contribution in [0, 0.1) is 11.8 Å². The fraction of sp³-hybridized carbons (Fsp3) is 0.435. The summed E-state index contributed by atoms with van der Waals surface area (Å²) in [5.74, 6) is 2.78. The van der Waals surface area contributed by atoms with E-state index in [4.69, 9.17) is 9.47 Å². The average Bonchev–Trinajstić information content (AvgIpc) is 3.28. The van der Waals surface area contributed by atoms with Crippen LogP contribution in [-0.2, 0) is 11.3 Å². The largest absolute Gasteiger partial charge is 0.493 e. The summed E-state index contributed by atoms with van der Waals surface area (Å²) in [5, 5.41) is 0. The van der Waals surface area contributed by atoms with Gasteiger partial charge in [0.2, 0.25) is 5.91 Å². The Bertz CT molecular complexity index is 781. The normalized spacial score (nSPS) is 21.5. The van der Waals surface area contributed by atoms with Gasteiger partial charge in [-0.1, -0.05) is 42.5 Å². The van der Waals surface area contributed by atoms with Gasteiger partial charge in [-0.25, -0.2) is 0 Å². The Kier molecular flexibility index (Phi) is 5.81. The highest BCUT2D eigenvalue weighted by Gasteiger charge is 2.41. The van der Waals surface area contributed by atoms with Crippen molar-refractivity contribution >= 4 is 5.91 Å². The van der Waals surface area contributed by atoms with Crippen molar-refractivity contribution in [2.45, 2.75) is 13.0 Å². The van der Waals surface area contributed by atoms with Crippen molar-refractivity contribution in [3.05, 3.63) is 60.2 Å². The Hall–Kier alpha value is -2.53. The molecule has 0 bridgehead atoms. The van der Waals surface area contributed by atoms with Gasteiger partial charge in [-0.05, 0) is 29.5 Å². The molecule has 0 aromatic heterocycles. The van der Waals surface area contributed by atoms with Crippen LogP contribution in [0.4, 0.5) is 0 Å². The Labute approximate surface area is 166 Å². The van der Waals surface area contributed by atoms with Crippen LogP contribution >= 0.6 is 0 Å². The van der Waals surface area contributed by atoms with Crippen molar-refractivity contribution in [3.63, 3.8) is 0 Å². The lowest BCUT2D eigenvalue weighted by Gasteiger charge is -2.22. The number of hydrogen-bond acceptors (Lipinski definition) is 4. The molecule has 2 fully saturated rings. The number of methoxy groups -OCH3 is 1. The summed E-state index contributed by atoms with van der Waals surface area (Å²) in [7, 11) is 1.62. The maximum atomic E-state index is 12.6. The zero-order chi connectivity index (χ0) is 19.3. The molecule has 2 aromatic carbocycles. The van der Waals surface area contributed by atoms with Gasteiger partial charge in [-0.3, -0.25) is 9.69 Å². The molecular weight excluding hydrogens is 352 g/mol. The summed E-state index contributed by atoms with van der Waals surface area (Å²) in [6, 6.07) is 18.2. The molecule has 0 unspecified atom stereocenters. The van der Waals surface area contributed by atoms with Crippen LogP contribution in [0.25, 0.3) is 0 Å². The van der Waals surface area contributed by atoms with Gasteiger partial charge >= 0.3 is 0 Å². The van der Waals surface area contributed by atoms with Gasteiger partial charge in [0.15, 0.2) is 11.5 Å². The number of ether oxygens (including phenoxy) is 2. The third-order valence-electron chi connectivity index (χ3n) is 5.81. The molecule has 2 aliphatic heterocycles. The molecule has 148 valence electrons. The maximum absolute atomic E-state index is 12.6. The number of likely N-dealkylation sites (tertiary alicyclic amines) is 2. The molecule has 0 radical (unpaired) electrons. The van der Waals surface area contributed by atoms with Crippen LogP contribution in [0.1, 0.15) is 12.0 Å². The Morgan fingerprint density at radius 1 is 0.929 bits per heavy atom. The van der Waals surface area contributed by atoms with Crippen molar-refractivity contribution in [2.75, 3.05) is 39.9 Å². The molecular formula is C23H28N2O3. The summed E-state index contributed by atoms with van der Waals surface area (Å²) in [6.45, 7) is 5.31. The lowest BCUT2D eigenvalue weighted by Crippen LogP contribution is -2.33. The van der Waals surface area contributed by atoms with Gasteiger partial charge in [0.25, 0.3) is 0 Å². The zero-order valence-electron chi connectivity index (χ0n) is 16.4. The van der Waals surface area contributed by atoms with Crippen molar-refractivity contribution in [1.82, 2.24) is 9.80 Å². The van der Waals surface area contributed by atoms with Gasteiger partial charge in [-0.15, -0.1) is 0 Å². The van der Waals surface area contributed by atoms with Gasteiger partial charge < -0.3 is 14.4 Å². The first-order chi connectivity index (χ1) is 13.7. The highest BCUT2D eigenvalue weighted by Crippen LogP contribution is 2.32. The third kappa shape index (κ3) is 4.30. The standard InChI is InChI=1S/C23H28N2O3/c1-27-21-9-5-6-10-22(21)28-12-11-23(26)25-16-19-14-24(15-20(19)17-25)13-18-7-3-2-4-8-18/h2-10,19-20H,11-17H2,1H3/t19-,20-/m1/s1. The van der Waals surface area contributed by atoms with Crippen LogP contribution in [0.2, 0.25) is 0 Å². The summed E-state index contributed by atoms with van der Waals surface area (Å²) < 4.78 is 11.0. The highest BCUT2D eigenvalue weighted by molar-refractivity contribution is 5.76. The minimum Gasteiger partial charge on any atom is -0.493 e. The molecule has 2 aromatic rings. The third-order valence-corrected chi connectivity index (χ3v) is 5.81. The molecule has 28 heavy (non-hydrogen) atoms. The Morgan fingerprint density at radius 2 is 1.57 bits per heavy atom. The first-order valence-electron chi connectivity index (χ1n) is 10.0. The van der Waals surface area contributed by atoms with E-state index < -0.39 is 0 Å². The number of fused-ring (bicyclic) bond motifs is 1. The summed E-state index contributed by atoms with van der Waals surface area (Å²) in [4.78, 5) is 17.1. The van der Waals surface area contributed by atoms with Crippen LogP contribution in [-0.4, -0.2) is 55.6 Å². The number of hydrogen-bond donors (Lipinski definition) is 0. The van der Waals surface area contributed by atoms with Crippen LogP contribution in [0.5, 0.6) is 11.5 Å². The number of nitrogens with zero attached hydrogens (tertiary/aromatic N) is 2. The quantitative estimate of drug-likeness (QED) is 0.740. The van der Waals surface area contributed by atoms with Crippen molar-refractivity contribution in [3.8, 4) is 11.5 Å². The van der Waals surface area contributed by atoms with E-state index in [9.17, 15) is 4.79 Å². The van der Waals surface area contributed by atoms with E-state index in [1.165, 1.54) is 5.56 Å². The van der Waals surface area contributed by atoms with E-state index in [-0.39, 0.29) is 5.91 Å². The average molecular weight is 380 g/mol. The van der Waals surface area contributed by atoms with Crippen LogP contribution in [0.15, 0.2) is 54.6 Å². The van der Waals surface area contributed by atoms with Crippen molar-refractivity contribution in [2.24, 2.45) is 11.8 Å². The summed E-state index contributed by atoms with van der Waals surface area (Å²) in [5.41, 5.74) is 1.36. The molecule has 0 N–H and O–H groups in total. The smallest absolute Gasteiger partial charge is 0.226 e. The van der Waals surface area contributed by atoms with E-state index in [0.29, 0.717) is 36.4 Å². The van der Waals surface area contributed by atoms with E-state index in [2.05, 4.69) is 35.2 Å². The SMILES string of the molecule is COc1ccccc1OCCC(=O)N1C[C@H]2CN(Cc3ccccc3)C[C@@H]2C1. The van der Waals surface area contributed by atoms with E-state index in [0.717, 1.165) is 32.7 Å². The number of benzene rings is 2. The molecule has 2 atom stereocenters. The Morgan fingerprint density at radius 3 is 2.25 bits per heavy atom. The maximum Gasteiger partial charge on any atom is 0.226 e. The molecule has 5 nitrogen and oxygen atoms in total. The monoisotopic (exact) mass is 380 g/mol. The molecule has 5 heteroatoms. The van der Waals surface area contributed by atoms with Crippen LogP contribution < -0.4 is 9.47 Å². The molecule has 2 saturated heterocycles. The topological polar surface area (TPSA) is 42.0 Å². The van der Waals surface area contributed by atoms with Gasteiger partial charge in [-0.2, -0.15) is 0 Å². The molecule has 1 amide bonds. The van der Waals surface area contributed by atoms with E-state index >= 15 is 0 Å². The summed E-state index contributed by atoms with van der Waals surface area (Å²) >= 11 is 0. The fourth-order valence-corrected chi connectivity index (χ4v) is 4.41. The highest BCUT2D eigenvalue weighted by atomic mass is 16.5. The molecule has 0 spiro atoms. The lowest BCUT2D eigenvalue weighted by molar-refractivity contribution is -0.131. The second-order valence-electron chi connectivity index (χ2n) is 7.75. The number of para-hydroxylation sites is 2. The second kappa shape index (κ2) is 8.65. The predicted molar refractivity (Wildman–Crippen MR) is 108 cm³/mol. The lowest BCUT2D eigenvalue weighted by atomic mass is 10.0. The Balaban J connectivity index is 1.22. The number of carbonyl (C=O) groups is 1. The van der Waals surface area contributed by atoms with Crippen molar-refractivity contribution in [1.29, 1.82) is 0 Å². The number of rotatable bonds is 7. The van der Waals surface area contributed by atoms with E-state index in [1.807, 2.05) is 29.2 Å². The summed E-state index contributed by atoms with van der Waals surface area (Å²) in [6.07, 6.45) is 0.408. The first-order valence-corrected chi connectivity index (χ1v) is 10.0. The predicted octanol–water partition coefficient (Wildman–Crippen LogP) is 3.05.